The van der Waals surface area contributed by atoms with Gasteiger partial charge in [-0.05, 0) is 19.9 Å². The molecule has 2 N–H and O–H groups in total. The lowest BCUT2D eigenvalue weighted by Gasteiger charge is -2.21. The van der Waals surface area contributed by atoms with E-state index in [0.29, 0.717) is 5.84 Å². The normalized spacial score (nSPS) is 20.0. The molecule has 1 aliphatic rings. The summed E-state index contributed by atoms with van der Waals surface area (Å²) in [4.78, 5) is 4.35. The maximum atomic E-state index is 8.79. The van der Waals surface area contributed by atoms with Gasteiger partial charge in [-0.1, -0.05) is 0 Å². The van der Waals surface area contributed by atoms with Crippen molar-refractivity contribution in [1.82, 2.24) is 9.80 Å². The highest BCUT2D eigenvalue weighted by molar-refractivity contribution is 5.76. The van der Waals surface area contributed by atoms with E-state index in [1.54, 1.807) is 0 Å². The quantitative estimate of drug-likeness (QED) is 0.470. The largest absolute Gasteiger partial charge is 0.395 e. The van der Waals surface area contributed by atoms with Crippen LogP contribution < -0.4 is 0 Å². The second-order valence-corrected chi connectivity index (χ2v) is 3.49. The number of aliphatic hydroxyl groups is 1. The standard InChI is InChI=1S/C9H19N3O/c1-9(10)12-4-2-3-11(5-6-12)7-8-13/h10,13H,2-8H2,1H3. The van der Waals surface area contributed by atoms with Crippen molar-refractivity contribution in [1.29, 1.82) is 5.41 Å². The summed E-state index contributed by atoms with van der Waals surface area (Å²) in [6, 6.07) is 0. The predicted octanol–water partition coefficient (Wildman–Crippen LogP) is -0.0164. The third-order valence-electron chi connectivity index (χ3n) is 2.48. The van der Waals surface area contributed by atoms with E-state index in [9.17, 15) is 0 Å². The Bertz CT molecular complexity index is 172. The van der Waals surface area contributed by atoms with Crippen LogP contribution in [-0.4, -0.2) is 60.1 Å². The monoisotopic (exact) mass is 185 g/mol. The van der Waals surface area contributed by atoms with Crippen molar-refractivity contribution in [3.05, 3.63) is 0 Å². The minimum atomic E-state index is 0.240. The molecule has 0 aromatic carbocycles. The predicted molar refractivity (Wildman–Crippen MR) is 53.1 cm³/mol. The Kier molecular flexibility index (Phi) is 4.18. The molecule has 0 aliphatic carbocycles. The third kappa shape index (κ3) is 3.32. The lowest BCUT2D eigenvalue weighted by atomic mass is 10.4. The average Bonchev–Trinajstić information content (AvgIpc) is 2.30. The second-order valence-electron chi connectivity index (χ2n) is 3.49. The van der Waals surface area contributed by atoms with E-state index in [1.165, 1.54) is 0 Å². The number of hydrogen-bond donors (Lipinski definition) is 2. The van der Waals surface area contributed by atoms with E-state index in [-0.39, 0.29) is 6.61 Å². The third-order valence-corrected chi connectivity index (χ3v) is 2.48. The first-order valence-electron chi connectivity index (χ1n) is 4.87. The Morgan fingerprint density at radius 1 is 1.31 bits per heavy atom. The number of nitrogens with one attached hydrogen (secondary N) is 1. The van der Waals surface area contributed by atoms with Gasteiger partial charge in [0.15, 0.2) is 0 Å². The highest BCUT2D eigenvalue weighted by Gasteiger charge is 2.13. The molecule has 1 aliphatic heterocycles. The zero-order valence-electron chi connectivity index (χ0n) is 8.29. The molecule has 13 heavy (non-hydrogen) atoms. The van der Waals surface area contributed by atoms with E-state index in [0.717, 1.165) is 39.1 Å². The fourth-order valence-electron chi connectivity index (χ4n) is 1.67. The van der Waals surface area contributed by atoms with Crippen molar-refractivity contribution in [3.63, 3.8) is 0 Å². The first-order valence-corrected chi connectivity index (χ1v) is 4.87. The summed E-state index contributed by atoms with van der Waals surface area (Å²) in [6.07, 6.45) is 1.09. The summed E-state index contributed by atoms with van der Waals surface area (Å²) in [5.74, 6) is 0.658. The van der Waals surface area contributed by atoms with Crippen LogP contribution in [0.2, 0.25) is 0 Å². The van der Waals surface area contributed by atoms with Gasteiger partial charge in [-0.3, -0.25) is 10.3 Å². The highest BCUT2D eigenvalue weighted by atomic mass is 16.3. The van der Waals surface area contributed by atoms with Crippen molar-refractivity contribution < 1.29 is 5.11 Å². The Morgan fingerprint density at radius 3 is 2.69 bits per heavy atom. The number of amidine groups is 1. The molecular weight excluding hydrogens is 166 g/mol. The van der Waals surface area contributed by atoms with Gasteiger partial charge in [0.1, 0.15) is 0 Å². The van der Waals surface area contributed by atoms with Gasteiger partial charge in [0.25, 0.3) is 0 Å². The van der Waals surface area contributed by atoms with Crippen LogP contribution in [0, 0.1) is 5.41 Å². The molecule has 0 saturated carbocycles. The van der Waals surface area contributed by atoms with Crippen molar-refractivity contribution in [2.45, 2.75) is 13.3 Å². The first kappa shape index (κ1) is 10.5. The van der Waals surface area contributed by atoms with Crippen LogP contribution in [-0.2, 0) is 0 Å². The van der Waals surface area contributed by atoms with Gasteiger partial charge in [0.2, 0.25) is 0 Å². The highest BCUT2D eigenvalue weighted by Crippen LogP contribution is 2.02. The molecule has 0 atom stereocenters. The van der Waals surface area contributed by atoms with Crippen molar-refractivity contribution in [2.24, 2.45) is 0 Å². The second kappa shape index (κ2) is 5.19. The maximum absolute atomic E-state index is 8.79. The smallest absolute Gasteiger partial charge is 0.0926 e. The van der Waals surface area contributed by atoms with E-state index in [2.05, 4.69) is 9.80 Å². The molecule has 4 heteroatoms. The number of aliphatic hydroxyl groups excluding tert-OH is 1. The molecule has 0 amide bonds. The molecule has 1 fully saturated rings. The molecule has 4 nitrogen and oxygen atoms in total. The summed E-state index contributed by atoms with van der Waals surface area (Å²) >= 11 is 0. The van der Waals surface area contributed by atoms with E-state index in [4.69, 9.17) is 10.5 Å². The summed E-state index contributed by atoms with van der Waals surface area (Å²) in [5.41, 5.74) is 0. The topological polar surface area (TPSA) is 50.6 Å². The van der Waals surface area contributed by atoms with Crippen LogP contribution in [0.25, 0.3) is 0 Å². The van der Waals surface area contributed by atoms with Crippen molar-refractivity contribution in [2.75, 3.05) is 39.3 Å². The van der Waals surface area contributed by atoms with Gasteiger partial charge >= 0.3 is 0 Å². The van der Waals surface area contributed by atoms with Crippen LogP contribution >= 0.6 is 0 Å². The van der Waals surface area contributed by atoms with Gasteiger partial charge in [0.05, 0.1) is 12.4 Å². The Morgan fingerprint density at radius 2 is 2.08 bits per heavy atom. The average molecular weight is 185 g/mol. The maximum Gasteiger partial charge on any atom is 0.0926 e. The zero-order valence-corrected chi connectivity index (χ0v) is 8.29. The molecule has 0 spiro atoms. The zero-order chi connectivity index (χ0) is 9.68. The molecule has 0 radical (unpaired) electrons. The SMILES string of the molecule is CC(=N)N1CCCN(CCO)CC1. The molecule has 0 aromatic heterocycles. The minimum Gasteiger partial charge on any atom is -0.395 e. The first-order chi connectivity index (χ1) is 6.24. The number of β-amino-alcohol motifs (C(OH)–C–C–N with tert-alkyl or cyclic N) is 1. The minimum absolute atomic E-state index is 0.240. The van der Waals surface area contributed by atoms with Gasteiger partial charge in [0, 0.05) is 26.2 Å². The Labute approximate surface area is 79.7 Å². The fraction of sp³-hybridized carbons (Fsp3) is 0.889. The Balaban J connectivity index is 2.35. The summed E-state index contributed by atoms with van der Waals surface area (Å²) in [7, 11) is 0. The number of hydrogen-bond acceptors (Lipinski definition) is 3. The van der Waals surface area contributed by atoms with E-state index >= 15 is 0 Å². The Hall–Kier alpha value is -0.610. The number of rotatable bonds is 2. The van der Waals surface area contributed by atoms with Crippen LogP contribution in [0.15, 0.2) is 0 Å². The molecule has 1 rings (SSSR count). The van der Waals surface area contributed by atoms with Gasteiger partial charge in [-0.15, -0.1) is 0 Å². The molecule has 1 saturated heterocycles. The van der Waals surface area contributed by atoms with E-state index in [1.807, 2.05) is 6.92 Å². The number of nitrogens with zero attached hydrogens (tertiary/aromatic N) is 2. The van der Waals surface area contributed by atoms with Gasteiger partial charge < -0.3 is 10.0 Å². The van der Waals surface area contributed by atoms with Gasteiger partial charge in [-0.2, -0.15) is 0 Å². The molecule has 0 bridgehead atoms. The lowest BCUT2D eigenvalue weighted by Crippen LogP contribution is -2.34. The van der Waals surface area contributed by atoms with Crippen LogP contribution in [0.4, 0.5) is 0 Å². The molecular formula is C9H19N3O. The summed E-state index contributed by atoms with van der Waals surface area (Å²) in [6.45, 7) is 6.77. The van der Waals surface area contributed by atoms with Crippen molar-refractivity contribution in [3.8, 4) is 0 Å². The van der Waals surface area contributed by atoms with Crippen LogP contribution in [0.3, 0.4) is 0 Å². The lowest BCUT2D eigenvalue weighted by molar-refractivity contribution is 0.201. The molecule has 76 valence electrons. The van der Waals surface area contributed by atoms with E-state index < -0.39 is 0 Å². The van der Waals surface area contributed by atoms with Crippen LogP contribution in [0.1, 0.15) is 13.3 Å². The molecule has 1 heterocycles. The summed E-state index contributed by atoms with van der Waals surface area (Å²) in [5, 5.41) is 16.3. The van der Waals surface area contributed by atoms with Crippen molar-refractivity contribution >= 4 is 5.84 Å². The molecule has 0 unspecified atom stereocenters. The van der Waals surface area contributed by atoms with Gasteiger partial charge in [-0.25, -0.2) is 0 Å². The summed E-state index contributed by atoms with van der Waals surface area (Å²) < 4.78 is 0. The van der Waals surface area contributed by atoms with Crippen LogP contribution in [0.5, 0.6) is 0 Å². The fourth-order valence-corrected chi connectivity index (χ4v) is 1.67. The molecule has 0 aromatic rings.